The summed E-state index contributed by atoms with van der Waals surface area (Å²) in [5.41, 5.74) is 0.775. The average molecular weight is 519 g/mol. The van der Waals surface area contributed by atoms with Crippen LogP contribution in [0.25, 0.3) is 0 Å². The quantitative estimate of drug-likeness (QED) is 0.375. The van der Waals surface area contributed by atoms with Gasteiger partial charge in [0, 0.05) is 18.0 Å². The van der Waals surface area contributed by atoms with Crippen molar-refractivity contribution in [3.05, 3.63) is 89.4 Å². The van der Waals surface area contributed by atoms with E-state index in [4.69, 9.17) is 21.5 Å². The topological polar surface area (TPSA) is 130 Å². The predicted molar refractivity (Wildman–Crippen MR) is 133 cm³/mol. The molecule has 0 radical (unpaired) electrons. The highest BCUT2D eigenvalue weighted by Gasteiger charge is 2.52. The first-order valence-electron chi connectivity index (χ1n) is 10.9. The van der Waals surface area contributed by atoms with Gasteiger partial charge in [-0.25, -0.2) is 19.1 Å². The molecular formula is C25H27ClN2O6S. The van der Waals surface area contributed by atoms with Crippen LogP contribution in [-0.4, -0.2) is 41.1 Å². The molecule has 0 spiro atoms. The number of hydrogen-bond donors (Lipinski definition) is 3. The van der Waals surface area contributed by atoms with E-state index in [9.17, 15) is 18.3 Å². The molecule has 0 saturated carbocycles. The lowest BCUT2D eigenvalue weighted by molar-refractivity contribution is 0.0880. The molecule has 1 atom stereocenters. The smallest absolute Gasteiger partial charge is 0.408 e. The van der Waals surface area contributed by atoms with Gasteiger partial charge in [-0.05, 0) is 73.4 Å². The fourth-order valence-electron chi connectivity index (χ4n) is 4.30. The van der Waals surface area contributed by atoms with E-state index >= 15 is 0 Å². The number of benzene rings is 3. The molecule has 1 saturated heterocycles. The largest absolute Gasteiger partial charge is 0.465 e. The minimum Gasteiger partial charge on any atom is -0.465 e. The fourth-order valence-corrected chi connectivity index (χ4v) is 6.59. The Morgan fingerprint density at radius 1 is 0.943 bits per heavy atom. The van der Waals surface area contributed by atoms with E-state index in [2.05, 4.69) is 5.90 Å². The van der Waals surface area contributed by atoms with Crippen molar-refractivity contribution in [3.63, 3.8) is 0 Å². The van der Waals surface area contributed by atoms with Gasteiger partial charge in [0.2, 0.25) is 9.84 Å². The summed E-state index contributed by atoms with van der Waals surface area (Å²) in [4.78, 5) is 11.8. The number of sulfone groups is 1. The summed E-state index contributed by atoms with van der Waals surface area (Å²) < 4.78 is 33.7. The predicted octanol–water partition coefficient (Wildman–Crippen LogP) is 5.34. The number of halogens is 1. The molecule has 1 heterocycles. The van der Waals surface area contributed by atoms with E-state index in [0.717, 1.165) is 10.5 Å². The van der Waals surface area contributed by atoms with Crippen molar-refractivity contribution < 1.29 is 28.3 Å². The molecule has 1 aliphatic heterocycles. The molecule has 1 fully saturated rings. The zero-order valence-electron chi connectivity index (χ0n) is 18.9. The number of amides is 1. The second-order valence-corrected chi connectivity index (χ2v) is 10.7. The summed E-state index contributed by atoms with van der Waals surface area (Å²) in [6.07, 6.45) is 0.363. The molecule has 1 amide bonds. The molecule has 1 aliphatic rings. The minimum atomic E-state index is -4.04. The molecule has 1 unspecified atom stereocenters. The lowest BCUT2D eigenvalue weighted by Crippen LogP contribution is -2.60. The number of piperidine rings is 1. The van der Waals surface area contributed by atoms with Crippen LogP contribution in [0.2, 0.25) is 5.02 Å². The summed E-state index contributed by atoms with van der Waals surface area (Å²) in [5, 5.41) is 17.0. The molecule has 8 nitrogen and oxygen atoms in total. The Balaban J connectivity index is 0.00000167. The Labute approximate surface area is 209 Å². The third-order valence-electron chi connectivity index (χ3n) is 5.93. The van der Waals surface area contributed by atoms with Gasteiger partial charge in [-0.2, -0.15) is 0 Å². The highest BCUT2D eigenvalue weighted by atomic mass is 35.5. The Kier molecular flexibility index (Phi) is 8.74. The number of carbonyl (C=O) groups is 1. The molecule has 3 aromatic rings. The second-order valence-electron chi connectivity index (χ2n) is 8.03. The maximum Gasteiger partial charge on any atom is 0.408 e. The fraction of sp³-hybridized carbons (Fsp3) is 0.240. The SMILES string of the molecule is NO.O=C(O)N1CCCCC1(Cc1ccccc1)S(=O)(=O)c1ccc(Oc2ccc(Cl)cc2)cc1. The maximum atomic E-state index is 14.0. The highest BCUT2D eigenvalue weighted by Crippen LogP contribution is 2.41. The van der Waals surface area contributed by atoms with E-state index in [0.29, 0.717) is 29.4 Å². The Hall–Kier alpha value is -3.11. The van der Waals surface area contributed by atoms with Crippen LogP contribution in [0.3, 0.4) is 0 Å². The number of carboxylic acid groups (broad SMARTS) is 1. The number of likely N-dealkylation sites (tertiary alicyclic amines) is 1. The molecule has 4 rings (SSSR count). The summed E-state index contributed by atoms with van der Waals surface area (Å²) in [7, 11) is -4.04. The van der Waals surface area contributed by atoms with Crippen molar-refractivity contribution in [1.29, 1.82) is 0 Å². The van der Waals surface area contributed by atoms with Gasteiger partial charge in [-0.15, -0.1) is 0 Å². The number of rotatable bonds is 6. The number of nitrogens with zero attached hydrogens (tertiary/aromatic N) is 1. The minimum absolute atomic E-state index is 0.0648. The van der Waals surface area contributed by atoms with Crippen LogP contribution in [0.1, 0.15) is 24.8 Å². The van der Waals surface area contributed by atoms with Crippen LogP contribution in [0.5, 0.6) is 11.5 Å². The van der Waals surface area contributed by atoms with Crippen molar-refractivity contribution in [2.45, 2.75) is 35.4 Å². The number of ether oxygens (including phenoxy) is 1. The van der Waals surface area contributed by atoms with Gasteiger partial charge in [0.25, 0.3) is 0 Å². The van der Waals surface area contributed by atoms with Crippen LogP contribution in [-0.2, 0) is 16.3 Å². The normalized spacial score (nSPS) is 17.7. The molecule has 0 bridgehead atoms. The zero-order valence-corrected chi connectivity index (χ0v) is 20.5. The number of nitrogens with two attached hydrogens (primary N) is 1. The van der Waals surface area contributed by atoms with Gasteiger partial charge in [-0.3, -0.25) is 4.90 Å². The molecule has 3 aromatic carbocycles. The van der Waals surface area contributed by atoms with Gasteiger partial charge in [-0.1, -0.05) is 41.9 Å². The first kappa shape index (κ1) is 26.5. The molecule has 0 aliphatic carbocycles. The summed E-state index contributed by atoms with van der Waals surface area (Å²) in [5.74, 6) is 4.53. The Morgan fingerprint density at radius 3 is 2.09 bits per heavy atom. The van der Waals surface area contributed by atoms with Crippen LogP contribution >= 0.6 is 11.6 Å². The summed E-state index contributed by atoms with van der Waals surface area (Å²) >= 11 is 5.90. The van der Waals surface area contributed by atoms with Gasteiger partial charge in [0.05, 0.1) is 4.90 Å². The maximum absolute atomic E-state index is 14.0. The lowest BCUT2D eigenvalue weighted by atomic mass is 9.95. The van der Waals surface area contributed by atoms with Gasteiger partial charge in [0.15, 0.2) is 4.87 Å². The second kappa shape index (κ2) is 11.5. The van der Waals surface area contributed by atoms with Gasteiger partial charge >= 0.3 is 6.09 Å². The van der Waals surface area contributed by atoms with Crippen molar-refractivity contribution >= 4 is 27.5 Å². The molecule has 186 valence electrons. The molecule has 0 aromatic heterocycles. The molecule has 35 heavy (non-hydrogen) atoms. The summed E-state index contributed by atoms with van der Waals surface area (Å²) in [6, 6.07) is 22.1. The van der Waals surface area contributed by atoms with Crippen molar-refractivity contribution in [3.8, 4) is 11.5 Å². The van der Waals surface area contributed by atoms with E-state index in [1.807, 2.05) is 30.3 Å². The molecule has 4 N–H and O–H groups in total. The average Bonchev–Trinajstić information content (AvgIpc) is 2.87. The van der Waals surface area contributed by atoms with Crippen molar-refractivity contribution in [1.82, 2.24) is 4.90 Å². The summed E-state index contributed by atoms with van der Waals surface area (Å²) in [6.45, 7) is 0.180. The zero-order chi connectivity index (χ0) is 25.5. The third-order valence-corrected chi connectivity index (χ3v) is 8.64. The molecule has 10 heteroatoms. The van der Waals surface area contributed by atoms with Crippen LogP contribution < -0.4 is 10.6 Å². The third kappa shape index (κ3) is 5.76. The lowest BCUT2D eigenvalue weighted by Gasteiger charge is -2.45. The Morgan fingerprint density at radius 2 is 1.51 bits per heavy atom. The first-order valence-corrected chi connectivity index (χ1v) is 12.8. The first-order chi connectivity index (χ1) is 16.8. The van der Waals surface area contributed by atoms with Crippen molar-refractivity contribution in [2.75, 3.05) is 6.54 Å². The van der Waals surface area contributed by atoms with Crippen LogP contribution in [0.4, 0.5) is 4.79 Å². The van der Waals surface area contributed by atoms with E-state index in [1.165, 1.54) is 12.1 Å². The van der Waals surface area contributed by atoms with E-state index in [1.54, 1.807) is 36.4 Å². The standard InChI is InChI=1S/C25H24ClNO5S.H3NO/c26-20-8-10-21(11-9-20)32-22-12-14-23(15-13-22)33(30,31)25(18-19-6-2-1-3-7-19)16-4-5-17-27(25)24(28)29;1-2/h1-3,6-15H,4-5,16-18H2,(H,28,29);2H,1H2. The monoisotopic (exact) mass is 518 g/mol. The molecular weight excluding hydrogens is 492 g/mol. The Bertz CT molecular complexity index is 1220. The number of hydrogen-bond acceptors (Lipinski definition) is 6. The van der Waals surface area contributed by atoms with Gasteiger partial charge < -0.3 is 15.1 Å². The van der Waals surface area contributed by atoms with E-state index in [-0.39, 0.29) is 24.3 Å². The van der Waals surface area contributed by atoms with Gasteiger partial charge in [0.1, 0.15) is 11.5 Å². The van der Waals surface area contributed by atoms with E-state index < -0.39 is 20.8 Å². The highest BCUT2D eigenvalue weighted by molar-refractivity contribution is 7.92. The van der Waals surface area contributed by atoms with Crippen LogP contribution in [0.15, 0.2) is 83.8 Å². The van der Waals surface area contributed by atoms with Crippen molar-refractivity contribution in [2.24, 2.45) is 5.90 Å². The van der Waals surface area contributed by atoms with Crippen LogP contribution in [0, 0.1) is 0 Å².